The summed E-state index contributed by atoms with van der Waals surface area (Å²) >= 11 is 5.41. The van der Waals surface area contributed by atoms with Crippen molar-refractivity contribution < 1.29 is 4.74 Å². The first-order valence-corrected chi connectivity index (χ1v) is 8.43. The van der Waals surface area contributed by atoms with E-state index in [1.54, 1.807) is 0 Å². The fourth-order valence-electron chi connectivity index (χ4n) is 2.57. The van der Waals surface area contributed by atoms with Crippen LogP contribution in [-0.4, -0.2) is 26.3 Å². The summed E-state index contributed by atoms with van der Waals surface area (Å²) in [7, 11) is 0. The van der Waals surface area contributed by atoms with E-state index in [9.17, 15) is 0 Å². The summed E-state index contributed by atoms with van der Waals surface area (Å²) < 4.78 is 6.75. The maximum atomic E-state index is 5.54. The predicted molar refractivity (Wildman–Crippen MR) is 81.4 cm³/mol. The largest absolute Gasteiger partial charge is 0.381 e. The minimum Gasteiger partial charge on any atom is -0.381 e. The van der Waals surface area contributed by atoms with Crippen LogP contribution in [-0.2, 0) is 11.2 Å². The average molecular weight is 332 g/mol. The smallest absolute Gasteiger partial charge is 0.0471 e. The molecule has 1 saturated heterocycles. The van der Waals surface area contributed by atoms with Gasteiger partial charge in [0, 0.05) is 34.5 Å². The van der Waals surface area contributed by atoms with Crippen LogP contribution < -0.4 is 5.32 Å². The van der Waals surface area contributed by atoms with Gasteiger partial charge in [0.05, 0.1) is 0 Å². The minimum absolute atomic E-state index is 0.401. The molecule has 2 nitrogen and oxygen atoms in total. The average Bonchev–Trinajstić information content (AvgIpc) is 2.76. The van der Waals surface area contributed by atoms with Crippen molar-refractivity contribution in [2.24, 2.45) is 5.41 Å². The third-order valence-electron chi connectivity index (χ3n) is 3.65. The standard InChI is InChI=1S/C14H22BrNOS/c1-2-5-16-11-14(3-6-17-7-4-14)9-13-8-12(15)10-18-13/h8,10,16H,2-7,9,11H2,1H3. The molecule has 1 aliphatic heterocycles. The molecular weight excluding hydrogens is 310 g/mol. The maximum Gasteiger partial charge on any atom is 0.0471 e. The van der Waals surface area contributed by atoms with Gasteiger partial charge < -0.3 is 10.1 Å². The molecular formula is C14H22BrNOS. The zero-order valence-electron chi connectivity index (χ0n) is 11.0. The highest BCUT2D eigenvalue weighted by Gasteiger charge is 2.32. The van der Waals surface area contributed by atoms with Gasteiger partial charge >= 0.3 is 0 Å². The first-order chi connectivity index (χ1) is 8.74. The van der Waals surface area contributed by atoms with Crippen LogP contribution in [0.15, 0.2) is 15.9 Å². The molecule has 1 aliphatic rings. The van der Waals surface area contributed by atoms with E-state index in [0.717, 1.165) is 26.3 Å². The second-order valence-corrected chi connectivity index (χ2v) is 7.11. The highest BCUT2D eigenvalue weighted by atomic mass is 79.9. The van der Waals surface area contributed by atoms with Gasteiger partial charge in [-0.15, -0.1) is 11.3 Å². The van der Waals surface area contributed by atoms with E-state index < -0.39 is 0 Å². The molecule has 1 aromatic rings. The van der Waals surface area contributed by atoms with E-state index in [-0.39, 0.29) is 0 Å². The molecule has 4 heteroatoms. The predicted octanol–water partition coefficient (Wildman–Crippen LogP) is 3.85. The van der Waals surface area contributed by atoms with Gasteiger partial charge in [0.15, 0.2) is 0 Å². The zero-order chi connectivity index (χ0) is 12.8. The number of halogens is 1. The first kappa shape index (κ1) is 14.5. The Morgan fingerprint density at radius 2 is 2.22 bits per heavy atom. The van der Waals surface area contributed by atoms with Gasteiger partial charge in [-0.3, -0.25) is 0 Å². The van der Waals surface area contributed by atoms with Crippen molar-refractivity contribution in [1.29, 1.82) is 0 Å². The van der Waals surface area contributed by atoms with Crippen LogP contribution in [0.25, 0.3) is 0 Å². The van der Waals surface area contributed by atoms with Crippen molar-refractivity contribution in [3.05, 3.63) is 20.8 Å². The van der Waals surface area contributed by atoms with Crippen LogP contribution in [0, 0.1) is 5.41 Å². The van der Waals surface area contributed by atoms with Crippen molar-refractivity contribution >= 4 is 27.3 Å². The molecule has 1 aromatic heterocycles. The fraction of sp³-hybridized carbons (Fsp3) is 0.714. The number of rotatable bonds is 6. The van der Waals surface area contributed by atoms with Crippen LogP contribution >= 0.6 is 27.3 Å². The molecule has 0 spiro atoms. The van der Waals surface area contributed by atoms with Gasteiger partial charge in [0.1, 0.15) is 0 Å². The molecule has 0 amide bonds. The summed E-state index contributed by atoms with van der Waals surface area (Å²) in [6.45, 7) is 6.30. The van der Waals surface area contributed by atoms with Gasteiger partial charge in [-0.2, -0.15) is 0 Å². The molecule has 0 saturated carbocycles. The van der Waals surface area contributed by atoms with Gasteiger partial charge in [0.2, 0.25) is 0 Å². The molecule has 0 aromatic carbocycles. The Balaban J connectivity index is 1.99. The lowest BCUT2D eigenvalue weighted by atomic mass is 9.76. The molecule has 102 valence electrons. The van der Waals surface area contributed by atoms with Crippen LogP contribution in [0.5, 0.6) is 0 Å². The van der Waals surface area contributed by atoms with Gasteiger partial charge in [-0.25, -0.2) is 0 Å². The highest BCUT2D eigenvalue weighted by Crippen LogP contribution is 2.36. The Hall–Kier alpha value is 0.1000. The number of hydrogen-bond acceptors (Lipinski definition) is 3. The van der Waals surface area contributed by atoms with Gasteiger partial charge in [-0.05, 0) is 59.6 Å². The maximum absolute atomic E-state index is 5.54. The molecule has 0 radical (unpaired) electrons. The van der Waals surface area contributed by atoms with E-state index >= 15 is 0 Å². The quantitative estimate of drug-likeness (QED) is 0.799. The Morgan fingerprint density at radius 1 is 1.44 bits per heavy atom. The van der Waals surface area contributed by atoms with Crippen LogP contribution in [0.4, 0.5) is 0 Å². The molecule has 2 heterocycles. The van der Waals surface area contributed by atoms with Crippen molar-refractivity contribution in [3.8, 4) is 0 Å². The summed E-state index contributed by atoms with van der Waals surface area (Å²) in [5.41, 5.74) is 0.401. The molecule has 0 bridgehead atoms. The van der Waals surface area contributed by atoms with Gasteiger partial charge in [-0.1, -0.05) is 6.92 Å². The van der Waals surface area contributed by atoms with Gasteiger partial charge in [0.25, 0.3) is 0 Å². The molecule has 0 unspecified atom stereocenters. The summed E-state index contributed by atoms with van der Waals surface area (Å²) in [4.78, 5) is 1.49. The normalized spacial score (nSPS) is 19.0. The minimum atomic E-state index is 0.401. The lowest BCUT2D eigenvalue weighted by molar-refractivity contribution is 0.0154. The first-order valence-electron chi connectivity index (χ1n) is 6.75. The van der Waals surface area contributed by atoms with E-state index in [4.69, 9.17) is 4.74 Å². The monoisotopic (exact) mass is 331 g/mol. The van der Waals surface area contributed by atoms with E-state index in [0.29, 0.717) is 5.41 Å². The lowest BCUT2D eigenvalue weighted by Gasteiger charge is -2.37. The molecule has 0 atom stereocenters. The highest BCUT2D eigenvalue weighted by molar-refractivity contribution is 9.10. The van der Waals surface area contributed by atoms with E-state index in [1.165, 1.54) is 35.0 Å². The Labute approximate surface area is 122 Å². The fourth-order valence-corrected chi connectivity index (χ4v) is 4.19. The molecule has 0 aliphatic carbocycles. The molecule has 2 rings (SSSR count). The molecule has 1 fully saturated rings. The Kier molecular flexibility index (Phi) is 5.67. The third-order valence-corrected chi connectivity index (χ3v) is 5.35. The second-order valence-electron chi connectivity index (χ2n) is 5.20. The lowest BCUT2D eigenvalue weighted by Crippen LogP contribution is -2.40. The number of thiophene rings is 1. The van der Waals surface area contributed by atoms with Crippen molar-refractivity contribution in [1.82, 2.24) is 5.32 Å². The number of hydrogen-bond donors (Lipinski definition) is 1. The van der Waals surface area contributed by atoms with Crippen molar-refractivity contribution in [2.45, 2.75) is 32.6 Å². The van der Waals surface area contributed by atoms with Crippen molar-refractivity contribution in [3.63, 3.8) is 0 Å². The van der Waals surface area contributed by atoms with Crippen molar-refractivity contribution in [2.75, 3.05) is 26.3 Å². The molecule has 1 N–H and O–H groups in total. The second kappa shape index (κ2) is 7.04. The van der Waals surface area contributed by atoms with E-state index in [1.807, 2.05) is 11.3 Å². The summed E-state index contributed by atoms with van der Waals surface area (Å²) in [6.07, 6.45) is 4.75. The topological polar surface area (TPSA) is 21.3 Å². The summed E-state index contributed by atoms with van der Waals surface area (Å²) in [6, 6.07) is 2.27. The number of nitrogens with one attached hydrogen (secondary N) is 1. The van der Waals surface area contributed by atoms with Crippen LogP contribution in [0.1, 0.15) is 31.1 Å². The SMILES string of the molecule is CCCNCC1(Cc2cc(Br)cs2)CCOCC1. The summed E-state index contributed by atoms with van der Waals surface area (Å²) in [5, 5.41) is 5.79. The Morgan fingerprint density at radius 3 is 2.83 bits per heavy atom. The zero-order valence-corrected chi connectivity index (χ0v) is 13.4. The third kappa shape index (κ3) is 4.05. The Bertz CT molecular complexity index is 360. The summed E-state index contributed by atoms with van der Waals surface area (Å²) in [5.74, 6) is 0. The van der Waals surface area contributed by atoms with E-state index in [2.05, 4.69) is 39.6 Å². The van der Waals surface area contributed by atoms with Crippen LogP contribution in [0.2, 0.25) is 0 Å². The van der Waals surface area contributed by atoms with Crippen LogP contribution in [0.3, 0.4) is 0 Å². The molecule has 18 heavy (non-hydrogen) atoms. The number of ether oxygens (including phenoxy) is 1.